The summed E-state index contributed by atoms with van der Waals surface area (Å²) < 4.78 is 44.8. The Hall–Kier alpha value is -3.52. The van der Waals surface area contributed by atoms with Gasteiger partial charge in [-0.2, -0.15) is 8.42 Å². The number of nitrogens with zero attached hydrogens (tertiary/aromatic N) is 2. The van der Waals surface area contributed by atoms with Crippen LogP contribution in [-0.2, 0) is 53.1 Å². The Morgan fingerprint density at radius 2 is 1.82 bits per heavy atom. The van der Waals surface area contributed by atoms with Gasteiger partial charge in [0.15, 0.2) is 0 Å². The molecule has 0 spiro atoms. The van der Waals surface area contributed by atoms with Crippen LogP contribution in [0, 0.1) is 0 Å². The summed E-state index contributed by atoms with van der Waals surface area (Å²) in [5, 5.41) is 0. The average molecular weight is 632 g/mol. The molecule has 2 N–H and O–H groups in total. The monoisotopic (exact) mass is 631 g/mol. The molecule has 2 aromatic carbocycles. The van der Waals surface area contributed by atoms with Crippen LogP contribution in [0.1, 0.15) is 60.7 Å². The summed E-state index contributed by atoms with van der Waals surface area (Å²) >= 11 is 0. The molecule has 0 bridgehead atoms. The van der Waals surface area contributed by atoms with Crippen LogP contribution in [0.3, 0.4) is 0 Å². The van der Waals surface area contributed by atoms with Gasteiger partial charge < -0.3 is 24.8 Å². The third-order valence-electron chi connectivity index (χ3n) is 7.33. The van der Waals surface area contributed by atoms with Crippen molar-refractivity contribution in [1.82, 2.24) is 9.80 Å². The number of carbonyl (C=O) groups is 3. The highest BCUT2D eigenvalue weighted by atomic mass is 32.2. The Morgan fingerprint density at radius 1 is 1.11 bits per heavy atom. The largest absolute Gasteiger partial charge is 0.489 e. The number of benzene rings is 2. The Labute approximate surface area is 258 Å². The molecule has 13 heteroatoms. The van der Waals surface area contributed by atoms with Crippen LogP contribution < -0.4 is 10.5 Å². The summed E-state index contributed by atoms with van der Waals surface area (Å²) in [6.07, 6.45) is 1.04. The summed E-state index contributed by atoms with van der Waals surface area (Å²) in [7, 11) is -3.54. The van der Waals surface area contributed by atoms with Gasteiger partial charge in [0.2, 0.25) is 5.91 Å². The lowest BCUT2D eigenvalue weighted by molar-refractivity contribution is -0.155. The number of amides is 2. The fourth-order valence-electron chi connectivity index (χ4n) is 5.20. The van der Waals surface area contributed by atoms with E-state index in [-0.39, 0.29) is 44.5 Å². The predicted octanol–water partition coefficient (Wildman–Crippen LogP) is 2.37. The standard InChI is InChI=1S/C31H41N3O9S/c1-31(2,3)43-28(35)13-12-26(29(32)36)34-17-25-24(30(34)37)6-5-7-27(25)41-18-22-10-8-21(9-11-22)16-33-14-15-40-19-23(33)20-42-44(4,38)39/h5-11,23,26H,12-20H2,1-4H3,(H2,32,36)/t23?,26-/m0/s1. The Kier molecular flexibility index (Phi) is 10.7. The molecule has 0 aliphatic carbocycles. The molecular weight excluding hydrogens is 590 g/mol. The molecule has 2 aromatic rings. The molecule has 240 valence electrons. The van der Waals surface area contributed by atoms with Crippen LogP contribution in [-0.4, -0.2) is 86.3 Å². The van der Waals surface area contributed by atoms with Gasteiger partial charge in [-0.15, -0.1) is 0 Å². The highest BCUT2D eigenvalue weighted by Crippen LogP contribution is 2.33. The van der Waals surface area contributed by atoms with Crippen molar-refractivity contribution in [3.8, 4) is 5.75 Å². The Bertz CT molecular complexity index is 1450. The number of nitrogens with two attached hydrogens (primary N) is 1. The lowest BCUT2D eigenvalue weighted by atomic mass is 10.1. The highest BCUT2D eigenvalue weighted by molar-refractivity contribution is 7.85. The minimum Gasteiger partial charge on any atom is -0.489 e. The van der Waals surface area contributed by atoms with Gasteiger partial charge in [-0.25, -0.2) is 0 Å². The lowest BCUT2D eigenvalue weighted by Crippen LogP contribution is -2.47. The molecule has 0 saturated carbocycles. The van der Waals surface area contributed by atoms with Crippen molar-refractivity contribution in [2.75, 3.05) is 32.6 Å². The van der Waals surface area contributed by atoms with E-state index in [1.54, 1.807) is 39.0 Å². The third-order valence-corrected chi connectivity index (χ3v) is 7.89. The number of primary amides is 1. The number of hydrogen-bond donors (Lipinski definition) is 1. The van der Waals surface area contributed by atoms with E-state index in [1.165, 1.54) is 4.90 Å². The van der Waals surface area contributed by atoms with E-state index in [9.17, 15) is 22.8 Å². The van der Waals surface area contributed by atoms with E-state index in [2.05, 4.69) is 4.90 Å². The van der Waals surface area contributed by atoms with E-state index < -0.39 is 33.6 Å². The summed E-state index contributed by atoms with van der Waals surface area (Å²) in [6.45, 7) is 7.94. The maximum Gasteiger partial charge on any atom is 0.306 e. The molecule has 2 amide bonds. The second kappa shape index (κ2) is 14.1. The van der Waals surface area contributed by atoms with Gasteiger partial charge in [0.1, 0.15) is 24.0 Å². The first kappa shape index (κ1) is 33.4. The molecular formula is C31H41N3O9S. The van der Waals surface area contributed by atoms with Crippen molar-refractivity contribution in [1.29, 1.82) is 0 Å². The Morgan fingerprint density at radius 3 is 2.48 bits per heavy atom. The number of morpholine rings is 1. The summed E-state index contributed by atoms with van der Waals surface area (Å²) in [5.74, 6) is -0.969. The van der Waals surface area contributed by atoms with Gasteiger partial charge in [-0.3, -0.25) is 23.5 Å². The molecule has 1 unspecified atom stereocenters. The number of fused-ring (bicyclic) bond motifs is 1. The topological polar surface area (TPSA) is 155 Å². The quantitative estimate of drug-likeness (QED) is 0.257. The molecule has 2 aliphatic heterocycles. The number of carbonyl (C=O) groups excluding carboxylic acids is 3. The van der Waals surface area contributed by atoms with Crippen molar-refractivity contribution in [3.05, 3.63) is 64.7 Å². The molecule has 2 atom stereocenters. The first-order valence-corrected chi connectivity index (χ1v) is 16.3. The van der Waals surface area contributed by atoms with Crippen LogP contribution in [0.25, 0.3) is 0 Å². The van der Waals surface area contributed by atoms with E-state index in [0.29, 0.717) is 43.2 Å². The maximum atomic E-state index is 13.3. The summed E-state index contributed by atoms with van der Waals surface area (Å²) in [6, 6.07) is 12.0. The minimum atomic E-state index is -3.54. The molecule has 2 heterocycles. The number of ether oxygens (including phenoxy) is 3. The van der Waals surface area contributed by atoms with E-state index in [4.69, 9.17) is 24.1 Å². The molecule has 0 radical (unpaired) electrons. The molecule has 12 nitrogen and oxygen atoms in total. The molecule has 0 aromatic heterocycles. The van der Waals surface area contributed by atoms with Crippen molar-refractivity contribution >= 4 is 27.9 Å². The summed E-state index contributed by atoms with van der Waals surface area (Å²) in [4.78, 5) is 41.3. The van der Waals surface area contributed by atoms with Crippen LogP contribution in [0.15, 0.2) is 42.5 Å². The van der Waals surface area contributed by atoms with E-state index >= 15 is 0 Å². The predicted molar refractivity (Wildman–Crippen MR) is 161 cm³/mol. The minimum absolute atomic E-state index is 0.0377. The summed E-state index contributed by atoms with van der Waals surface area (Å²) in [5.41, 5.74) is 8.05. The average Bonchev–Trinajstić information content (AvgIpc) is 3.27. The number of esters is 1. The van der Waals surface area contributed by atoms with Gasteiger partial charge in [0, 0.05) is 30.6 Å². The zero-order valence-electron chi connectivity index (χ0n) is 25.6. The molecule has 1 fully saturated rings. The fraction of sp³-hybridized carbons (Fsp3) is 0.516. The van der Waals surface area contributed by atoms with Crippen LogP contribution >= 0.6 is 0 Å². The van der Waals surface area contributed by atoms with Crippen molar-refractivity contribution in [2.45, 2.75) is 71.0 Å². The molecule has 4 rings (SSSR count). The molecule has 44 heavy (non-hydrogen) atoms. The second-order valence-electron chi connectivity index (χ2n) is 12.1. The third kappa shape index (κ3) is 9.24. The van der Waals surface area contributed by atoms with Gasteiger partial charge in [-0.1, -0.05) is 30.3 Å². The first-order chi connectivity index (χ1) is 20.7. The van der Waals surface area contributed by atoms with Crippen LogP contribution in [0.5, 0.6) is 5.75 Å². The van der Waals surface area contributed by atoms with Crippen molar-refractivity contribution in [2.24, 2.45) is 5.73 Å². The second-order valence-corrected chi connectivity index (χ2v) is 13.7. The van der Waals surface area contributed by atoms with Gasteiger partial charge in [0.25, 0.3) is 16.0 Å². The Balaban J connectivity index is 1.36. The smallest absolute Gasteiger partial charge is 0.306 e. The van der Waals surface area contributed by atoms with Gasteiger partial charge >= 0.3 is 5.97 Å². The fourth-order valence-corrected chi connectivity index (χ4v) is 5.61. The van der Waals surface area contributed by atoms with E-state index in [0.717, 1.165) is 17.4 Å². The number of rotatable bonds is 13. The molecule has 1 saturated heterocycles. The highest BCUT2D eigenvalue weighted by Gasteiger charge is 2.37. The van der Waals surface area contributed by atoms with Crippen molar-refractivity contribution < 1.29 is 41.2 Å². The normalized spacial score (nSPS) is 18.1. The van der Waals surface area contributed by atoms with Crippen molar-refractivity contribution in [3.63, 3.8) is 0 Å². The van der Waals surface area contributed by atoms with Crippen LogP contribution in [0.4, 0.5) is 0 Å². The molecule has 2 aliphatic rings. The maximum absolute atomic E-state index is 13.3. The SMILES string of the molecule is CC(C)(C)OC(=O)CC[C@@H](C(N)=O)N1Cc2c(OCc3ccc(CN4CCOCC4COS(C)(=O)=O)cc3)cccc2C1=O. The van der Waals surface area contributed by atoms with Gasteiger partial charge in [0.05, 0.1) is 38.7 Å². The van der Waals surface area contributed by atoms with Crippen LogP contribution in [0.2, 0.25) is 0 Å². The lowest BCUT2D eigenvalue weighted by Gasteiger charge is -2.35. The first-order valence-electron chi connectivity index (χ1n) is 14.5. The van der Waals surface area contributed by atoms with E-state index in [1.807, 2.05) is 24.3 Å². The van der Waals surface area contributed by atoms with Gasteiger partial charge in [-0.05, 0) is 50.5 Å². The zero-order valence-corrected chi connectivity index (χ0v) is 26.4. The number of hydrogen-bond acceptors (Lipinski definition) is 10. The zero-order chi connectivity index (χ0) is 32.1.